The molecule has 0 saturated carbocycles. The first kappa shape index (κ1) is 12.5. The van der Waals surface area contributed by atoms with E-state index in [2.05, 4.69) is 10.9 Å². The summed E-state index contributed by atoms with van der Waals surface area (Å²) < 4.78 is 0. The van der Waals surface area contributed by atoms with Crippen LogP contribution < -0.4 is 10.9 Å². The average molecular weight is 222 g/mol. The van der Waals surface area contributed by atoms with Crippen molar-refractivity contribution in [3.63, 3.8) is 0 Å². The Bertz CT molecular complexity index is 394. The molecule has 3 N–H and O–H groups in total. The predicted octanol–water partition coefficient (Wildman–Crippen LogP) is 1.52. The minimum atomic E-state index is -1.38. The Kier molecular flexibility index (Phi) is 3.55. The Hall–Kier alpha value is -1.55. The molecule has 0 aliphatic carbocycles. The number of aliphatic hydroxyl groups is 1. The number of benzene rings is 1. The summed E-state index contributed by atoms with van der Waals surface area (Å²) in [5.41, 5.74) is 6.89. The molecule has 0 aliphatic rings. The highest BCUT2D eigenvalue weighted by Gasteiger charge is 2.23. The van der Waals surface area contributed by atoms with Gasteiger partial charge < -0.3 is 5.11 Å². The van der Waals surface area contributed by atoms with Crippen LogP contribution in [-0.2, 0) is 4.79 Å². The molecule has 0 unspecified atom stereocenters. The second kappa shape index (κ2) is 4.53. The van der Waals surface area contributed by atoms with E-state index in [1.165, 1.54) is 13.8 Å². The summed E-state index contributed by atoms with van der Waals surface area (Å²) in [4.78, 5) is 11.4. The lowest BCUT2D eigenvalue weighted by molar-refractivity contribution is -0.135. The van der Waals surface area contributed by atoms with Crippen molar-refractivity contribution in [3.8, 4) is 0 Å². The lowest BCUT2D eigenvalue weighted by Crippen LogP contribution is -2.44. The maximum atomic E-state index is 11.4. The molecule has 0 spiro atoms. The average Bonchev–Trinajstić information content (AvgIpc) is 2.14. The van der Waals surface area contributed by atoms with E-state index >= 15 is 0 Å². The zero-order chi connectivity index (χ0) is 12.3. The minimum Gasteiger partial charge on any atom is -0.381 e. The number of carbonyl (C=O) groups is 1. The number of rotatable bonds is 3. The van der Waals surface area contributed by atoms with Gasteiger partial charge >= 0.3 is 0 Å². The van der Waals surface area contributed by atoms with Gasteiger partial charge in [-0.3, -0.25) is 15.6 Å². The number of aryl methyl sites for hydroxylation is 2. The molecule has 16 heavy (non-hydrogen) atoms. The van der Waals surface area contributed by atoms with Crippen LogP contribution in [0.15, 0.2) is 18.2 Å². The normalized spacial score (nSPS) is 11.1. The summed E-state index contributed by atoms with van der Waals surface area (Å²) in [6, 6.07) is 5.85. The van der Waals surface area contributed by atoms with Crippen molar-refractivity contribution in [3.05, 3.63) is 29.3 Å². The van der Waals surface area contributed by atoms with Gasteiger partial charge in [-0.15, -0.1) is 0 Å². The first-order chi connectivity index (χ1) is 7.30. The Morgan fingerprint density at radius 2 is 1.94 bits per heavy atom. The molecule has 4 nitrogen and oxygen atoms in total. The number of hydrogen-bond donors (Lipinski definition) is 3. The molecular formula is C12H18N2O2. The summed E-state index contributed by atoms with van der Waals surface area (Å²) in [5, 5.41) is 9.43. The quantitative estimate of drug-likeness (QED) is 0.679. The van der Waals surface area contributed by atoms with E-state index in [0.29, 0.717) is 0 Å². The van der Waals surface area contributed by atoms with E-state index in [1.807, 2.05) is 32.0 Å². The highest BCUT2D eigenvalue weighted by atomic mass is 16.3. The van der Waals surface area contributed by atoms with Crippen molar-refractivity contribution in [2.24, 2.45) is 0 Å². The number of amides is 1. The predicted molar refractivity (Wildman–Crippen MR) is 64.0 cm³/mol. The summed E-state index contributed by atoms with van der Waals surface area (Å²) in [6.45, 7) is 6.83. The minimum absolute atomic E-state index is 0.465. The largest absolute Gasteiger partial charge is 0.381 e. The van der Waals surface area contributed by atoms with E-state index in [0.717, 1.165) is 16.8 Å². The maximum Gasteiger partial charge on any atom is 0.269 e. The molecule has 0 aliphatic heterocycles. The molecule has 1 rings (SSSR count). The lowest BCUT2D eigenvalue weighted by atomic mass is 10.1. The molecule has 0 aromatic heterocycles. The lowest BCUT2D eigenvalue weighted by Gasteiger charge is -2.18. The fourth-order valence-electron chi connectivity index (χ4n) is 1.23. The molecule has 0 radical (unpaired) electrons. The SMILES string of the molecule is Cc1ccc(NNC(=O)C(C)(C)O)c(C)c1. The molecule has 88 valence electrons. The number of hydrogen-bond acceptors (Lipinski definition) is 3. The van der Waals surface area contributed by atoms with Crippen LogP contribution in [0.3, 0.4) is 0 Å². The summed E-state index contributed by atoms with van der Waals surface area (Å²) in [5.74, 6) is -0.465. The number of nitrogens with one attached hydrogen (secondary N) is 2. The molecule has 0 bridgehead atoms. The number of hydrazine groups is 1. The van der Waals surface area contributed by atoms with Crippen molar-refractivity contribution in [1.82, 2.24) is 5.43 Å². The third-order valence-corrected chi connectivity index (χ3v) is 2.25. The Labute approximate surface area is 95.6 Å². The van der Waals surface area contributed by atoms with Gasteiger partial charge in [0.2, 0.25) is 0 Å². The van der Waals surface area contributed by atoms with Crippen molar-refractivity contribution >= 4 is 11.6 Å². The molecular weight excluding hydrogens is 204 g/mol. The van der Waals surface area contributed by atoms with Crippen LogP contribution in [0.1, 0.15) is 25.0 Å². The van der Waals surface area contributed by atoms with Gasteiger partial charge in [0.05, 0.1) is 5.69 Å². The monoisotopic (exact) mass is 222 g/mol. The number of anilines is 1. The fraction of sp³-hybridized carbons (Fsp3) is 0.417. The zero-order valence-corrected chi connectivity index (χ0v) is 10.1. The van der Waals surface area contributed by atoms with Gasteiger partial charge in [-0.25, -0.2) is 0 Å². The molecule has 4 heteroatoms. The standard InChI is InChI=1S/C12H18N2O2/c1-8-5-6-10(9(2)7-8)13-14-11(15)12(3,4)16/h5-7,13,16H,1-4H3,(H,14,15). The first-order valence-electron chi connectivity index (χ1n) is 5.17. The van der Waals surface area contributed by atoms with Gasteiger partial charge in [-0.2, -0.15) is 0 Å². The van der Waals surface area contributed by atoms with Gasteiger partial charge in [0.1, 0.15) is 5.60 Å². The van der Waals surface area contributed by atoms with Gasteiger partial charge in [0, 0.05) is 0 Å². The van der Waals surface area contributed by atoms with Crippen LogP contribution >= 0.6 is 0 Å². The van der Waals surface area contributed by atoms with Gasteiger partial charge in [-0.05, 0) is 39.3 Å². The van der Waals surface area contributed by atoms with Gasteiger partial charge in [-0.1, -0.05) is 17.7 Å². The van der Waals surface area contributed by atoms with Crippen molar-refractivity contribution in [2.45, 2.75) is 33.3 Å². The van der Waals surface area contributed by atoms with E-state index in [1.54, 1.807) is 0 Å². The van der Waals surface area contributed by atoms with E-state index < -0.39 is 11.5 Å². The summed E-state index contributed by atoms with van der Waals surface area (Å²) in [6.07, 6.45) is 0. The first-order valence-corrected chi connectivity index (χ1v) is 5.17. The zero-order valence-electron chi connectivity index (χ0n) is 10.1. The van der Waals surface area contributed by atoms with Crippen LogP contribution in [-0.4, -0.2) is 16.6 Å². The van der Waals surface area contributed by atoms with E-state index in [9.17, 15) is 9.90 Å². The van der Waals surface area contributed by atoms with E-state index in [-0.39, 0.29) is 0 Å². The molecule has 0 atom stereocenters. The van der Waals surface area contributed by atoms with E-state index in [4.69, 9.17) is 0 Å². The highest BCUT2D eigenvalue weighted by Crippen LogP contribution is 2.15. The Balaban J connectivity index is 2.65. The fourth-order valence-corrected chi connectivity index (χ4v) is 1.23. The third kappa shape index (κ3) is 3.24. The molecule has 1 aromatic carbocycles. The topological polar surface area (TPSA) is 61.4 Å². The maximum absolute atomic E-state index is 11.4. The molecule has 0 saturated heterocycles. The molecule has 1 aromatic rings. The van der Waals surface area contributed by atoms with Crippen LogP contribution in [0.5, 0.6) is 0 Å². The summed E-state index contributed by atoms with van der Waals surface area (Å²) in [7, 11) is 0. The van der Waals surface area contributed by atoms with Crippen molar-refractivity contribution in [2.75, 3.05) is 5.43 Å². The molecule has 0 heterocycles. The second-order valence-corrected chi connectivity index (χ2v) is 4.46. The van der Waals surface area contributed by atoms with Crippen LogP contribution in [0.25, 0.3) is 0 Å². The van der Waals surface area contributed by atoms with Crippen LogP contribution in [0, 0.1) is 13.8 Å². The second-order valence-electron chi connectivity index (χ2n) is 4.46. The molecule has 1 amide bonds. The Morgan fingerprint density at radius 3 is 2.44 bits per heavy atom. The van der Waals surface area contributed by atoms with Crippen LogP contribution in [0.2, 0.25) is 0 Å². The van der Waals surface area contributed by atoms with Crippen molar-refractivity contribution < 1.29 is 9.90 Å². The smallest absolute Gasteiger partial charge is 0.269 e. The third-order valence-electron chi connectivity index (χ3n) is 2.25. The van der Waals surface area contributed by atoms with Gasteiger partial charge in [0.25, 0.3) is 5.91 Å². The highest BCUT2D eigenvalue weighted by molar-refractivity contribution is 5.85. The molecule has 0 fully saturated rings. The van der Waals surface area contributed by atoms with Gasteiger partial charge in [0.15, 0.2) is 0 Å². The van der Waals surface area contributed by atoms with Crippen LogP contribution in [0.4, 0.5) is 5.69 Å². The number of carbonyl (C=O) groups excluding carboxylic acids is 1. The van der Waals surface area contributed by atoms with Crippen molar-refractivity contribution in [1.29, 1.82) is 0 Å². The summed E-state index contributed by atoms with van der Waals surface area (Å²) >= 11 is 0. The Morgan fingerprint density at radius 1 is 1.31 bits per heavy atom.